The first-order valence-electron chi connectivity index (χ1n) is 9.55. The lowest BCUT2D eigenvalue weighted by Crippen LogP contribution is -2.62. The second kappa shape index (κ2) is 6.51. The van der Waals surface area contributed by atoms with Crippen LogP contribution >= 0.6 is 0 Å². The van der Waals surface area contributed by atoms with Gasteiger partial charge in [-0.1, -0.05) is 20.8 Å². The summed E-state index contributed by atoms with van der Waals surface area (Å²) in [6.45, 7) is 11.4. The number of amides is 1. The standard InChI is InChI=1S/C19H34N2O/c1-4-18(22)20-11-7-17(8-12-20)21-13-19(14-21)9-5-16(6-10-19)15(2)3/h15-17H,4-14H2,1-3H3. The van der Waals surface area contributed by atoms with Crippen molar-refractivity contribution in [2.24, 2.45) is 17.3 Å². The summed E-state index contributed by atoms with van der Waals surface area (Å²) in [6, 6.07) is 0.745. The molecule has 2 saturated heterocycles. The van der Waals surface area contributed by atoms with Gasteiger partial charge in [0.2, 0.25) is 5.91 Å². The Labute approximate surface area is 136 Å². The van der Waals surface area contributed by atoms with Gasteiger partial charge in [-0.05, 0) is 55.8 Å². The maximum Gasteiger partial charge on any atom is 0.222 e. The maximum atomic E-state index is 11.8. The lowest BCUT2D eigenvalue weighted by atomic mass is 9.63. The van der Waals surface area contributed by atoms with Crippen LogP contribution in [0, 0.1) is 17.3 Å². The van der Waals surface area contributed by atoms with Crippen LogP contribution in [-0.4, -0.2) is 47.9 Å². The highest BCUT2D eigenvalue weighted by Gasteiger charge is 2.47. The van der Waals surface area contributed by atoms with Crippen LogP contribution in [0.3, 0.4) is 0 Å². The van der Waals surface area contributed by atoms with Crippen LogP contribution in [0.15, 0.2) is 0 Å². The quantitative estimate of drug-likeness (QED) is 0.796. The SMILES string of the molecule is CCC(=O)N1CCC(N2CC3(CCC(C(C)C)CC3)C2)CC1. The highest BCUT2D eigenvalue weighted by Crippen LogP contribution is 2.48. The molecule has 0 radical (unpaired) electrons. The lowest BCUT2D eigenvalue weighted by molar-refractivity contribution is -0.134. The molecule has 3 nitrogen and oxygen atoms in total. The third-order valence-corrected chi connectivity index (χ3v) is 6.75. The molecular weight excluding hydrogens is 272 g/mol. The molecule has 0 N–H and O–H groups in total. The molecule has 3 heteroatoms. The van der Waals surface area contributed by atoms with E-state index in [1.807, 2.05) is 6.92 Å². The Hall–Kier alpha value is -0.570. The molecule has 1 aliphatic carbocycles. The van der Waals surface area contributed by atoms with Gasteiger partial charge >= 0.3 is 0 Å². The van der Waals surface area contributed by atoms with Crippen molar-refractivity contribution in [3.05, 3.63) is 0 Å². The van der Waals surface area contributed by atoms with E-state index in [-0.39, 0.29) is 0 Å². The number of carbonyl (C=O) groups is 1. The summed E-state index contributed by atoms with van der Waals surface area (Å²) in [5.41, 5.74) is 0.668. The summed E-state index contributed by atoms with van der Waals surface area (Å²) >= 11 is 0. The zero-order valence-electron chi connectivity index (χ0n) is 14.8. The van der Waals surface area contributed by atoms with Gasteiger partial charge in [0.15, 0.2) is 0 Å². The summed E-state index contributed by atoms with van der Waals surface area (Å²) < 4.78 is 0. The van der Waals surface area contributed by atoms with Crippen LogP contribution in [-0.2, 0) is 4.79 Å². The number of likely N-dealkylation sites (tertiary alicyclic amines) is 2. The molecular formula is C19H34N2O. The predicted octanol–water partition coefficient (Wildman–Crippen LogP) is 3.54. The van der Waals surface area contributed by atoms with Crippen molar-refractivity contribution in [1.82, 2.24) is 9.80 Å². The minimum Gasteiger partial charge on any atom is -0.343 e. The first-order chi connectivity index (χ1) is 10.5. The normalized spacial score (nSPS) is 27.4. The van der Waals surface area contributed by atoms with Crippen LogP contribution in [0.2, 0.25) is 0 Å². The number of nitrogens with zero attached hydrogens (tertiary/aromatic N) is 2. The van der Waals surface area contributed by atoms with E-state index in [0.29, 0.717) is 17.7 Å². The first-order valence-corrected chi connectivity index (χ1v) is 9.55. The first kappa shape index (κ1) is 16.3. The van der Waals surface area contributed by atoms with Crippen LogP contribution in [0.25, 0.3) is 0 Å². The van der Waals surface area contributed by atoms with E-state index >= 15 is 0 Å². The molecule has 0 bridgehead atoms. The van der Waals surface area contributed by atoms with Crippen molar-refractivity contribution in [1.29, 1.82) is 0 Å². The average molecular weight is 306 g/mol. The van der Waals surface area contributed by atoms with E-state index in [4.69, 9.17) is 0 Å². The summed E-state index contributed by atoms with van der Waals surface area (Å²) in [5.74, 6) is 2.18. The molecule has 2 aliphatic heterocycles. The largest absolute Gasteiger partial charge is 0.343 e. The van der Waals surface area contributed by atoms with E-state index in [0.717, 1.165) is 31.0 Å². The van der Waals surface area contributed by atoms with Crippen LogP contribution in [0.5, 0.6) is 0 Å². The van der Waals surface area contributed by atoms with Gasteiger partial charge in [0.1, 0.15) is 0 Å². The van der Waals surface area contributed by atoms with E-state index in [1.165, 1.54) is 51.6 Å². The van der Waals surface area contributed by atoms with E-state index in [9.17, 15) is 4.79 Å². The second-order valence-electron chi connectivity index (χ2n) is 8.45. The van der Waals surface area contributed by atoms with Crippen LogP contribution in [0.4, 0.5) is 0 Å². The minimum absolute atomic E-state index is 0.338. The predicted molar refractivity (Wildman–Crippen MR) is 90.7 cm³/mol. The van der Waals surface area contributed by atoms with Gasteiger partial charge in [-0.2, -0.15) is 0 Å². The Bertz CT molecular complexity index is 382. The van der Waals surface area contributed by atoms with E-state index < -0.39 is 0 Å². The second-order valence-corrected chi connectivity index (χ2v) is 8.45. The highest BCUT2D eigenvalue weighted by atomic mass is 16.2. The molecule has 3 aliphatic rings. The molecule has 0 unspecified atom stereocenters. The summed E-state index contributed by atoms with van der Waals surface area (Å²) in [5, 5.41) is 0. The summed E-state index contributed by atoms with van der Waals surface area (Å²) in [6.07, 6.45) is 8.87. The number of hydrogen-bond acceptors (Lipinski definition) is 2. The smallest absolute Gasteiger partial charge is 0.222 e. The van der Waals surface area contributed by atoms with Gasteiger partial charge in [-0.15, -0.1) is 0 Å². The maximum absolute atomic E-state index is 11.8. The molecule has 1 spiro atoms. The average Bonchev–Trinajstić information content (AvgIpc) is 2.52. The number of hydrogen-bond donors (Lipinski definition) is 0. The molecule has 126 valence electrons. The van der Waals surface area contributed by atoms with Crippen molar-refractivity contribution in [3.63, 3.8) is 0 Å². The van der Waals surface area contributed by atoms with Gasteiger partial charge in [-0.3, -0.25) is 9.69 Å². The Kier molecular flexibility index (Phi) is 4.82. The molecule has 3 rings (SSSR count). The monoisotopic (exact) mass is 306 g/mol. The molecule has 0 atom stereocenters. The van der Waals surface area contributed by atoms with Crippen molar-refractivity contribution < 1.29 is 4.79 Å². The van der Waals surface area contributed by atoms with Crippen LogP contribution in [0.1, 0.15) is 65.7 Å². The molecule has 22 heavy (non-hydrogen) atoms. The van der Waals surface area contributed by atoms with Crippen molar-refractivity contribution in [3.8, 4) is 0 Å². The Balaban J connectivity index is 1.42. The fraction of sp³-hybridized carbons (Fsp3) is 0.947. The fourth-order valence-corrected chi connectivity index (χ4v) is 5.01. The van der Waals surface area contributed by atoms with Crippen molar-refractivity contribution in [2.75, 3.05) is 26.2 Å². The fourth-order valence-electron chi connectivity index (χ4n) is 5.01. The van der Waals surface area contributed by atoms with Gasteiger partial charge < -0.3 is 4.90 Å². The van der Waals surface area contributed by atoms with E-state index in [2.05, 4.69) is 23.6 Å². The molecule has 0 aromatic rings. The third kappa shape index (κ3) is 3.20. The minimum atomic E-state index is 0.338. The zero-order chi connectivity index (χ0) is 15.7. The molecule has 1 saturated carbocycles. The molecule has 3 fully saturated rings. The van der Waals surface area contributed by atoms with Crippen molar-refractivity contribution in [2.45, 2.75) is 71.8 Å². The molecule has 0 aromatic heterocycles. The van der Waals surface area contributed by atoms with Gasteiger partial charge in [0.25, 0.3) is 0 Å². The molecule has 1 amide bonds. The van der Waals surface area contributed by atoms with E-state index in [1.54, 1.807) is 0 Å². The Morgan fingerprint density at radius 2 is 1.68 bits per heavy atom. The molecule has 0 aromatic carbocycles. The number of carbonyl (C=O) groups excluding carboxylic acids is 1. The third-order valence-electron chi connectivity index (χ3n) is 6.75. The zero-order valence-corrected chi connectivity index (χ0v) is 14.8. The molecule has 2 heterocycles. The van der Waals surface area contributed by atoms with Crippen LogP contribution < -0.4 is 0 Å². The highest BCUT2D eigenvalue weighted by molar-refractivity contribution is 5.75. The summed E-state index contributed by atoms with van der Waals surface area (Å²) in [7, 11) is 0. The summed E-state index contributed by atoms with van der Waals surface area (Å²) in [4.78, 5) is 16.6. The van der Waals surface area contributed by atoms with Gasteiger partial charge in [-0.25, -0.2) is 0 Å². The van der Waals surface area contributed by atoms with Gasteiger partial charge in [0.05, 0.1) is 0 Å². The Morgan fingerprint density at radius 1 is 1.09 bits per heavy atom. The lowest BCUT2D eigenvalue weighted by Gasteiger charge is -2.57. The Morgan fingerprint density at radius 3 is 2.18 bits per heavy atom. The topological polar surface area (TPSA) is 23.6 Å². The van der Waals surface area contributed by atoms with Crippen molar-refractivity contribution >= 4 is 5.91 Å². The number of rotatable bonds is 3. The van der Waals surface area contributed by atoms with Gasteiger partial charge in [0, 0.05) is 38.6 Å². The number of piperidine rings is 1.